The van der Waals surface area contributed by atoms with Crippen molar-refractivity contribution in [3.05, 3.63) is 52.8 Å². The van der Waals surface area contributed by atoms with E-state index in [0.29, 0.717) is 21.9 Å². The number of hydrogen-bond acceptors (Lipinski definition) is 2. The molecule has 2 rings (SSSR count). The number of carbonyl (C=O) groups is 1. The molecule has 0 N–H and O–H groups in total. The number of carbonyl (C=O) groups excluding carboxylic acids is 1. The SMILES string of the molecule is COc1cc(C(C)=O)ccc1-c1ccc(F)cc1Cl. The Hall–Kier alpha value is -1.87. The average molecular weight is 279 g/mol. The lowest BCUT2D eigenvalue weighted by Crippen LogP contribution is -1.95. The first-order valence-corrected chi connectivity index (χ1v) is 6.05. The summed E-state index contributed by atoms with van der Waals surface area (Å²) < 4.78 is 18.3. The molecule has 2 nitrogen and oxygen atoms in total. The normalized spacial score (nSPS) is 10.3. The van der Waals surface area contributed by atoms with Crippen LogP contribution in [0.4, 0.5) is 4.39 Å². The van der Waals surface area contributed by atoms with E-state index >= 15 is 0 Å². The fourth-order valence-corrected chi connectivity index (χ4v) is 2.11. The lowest BCUT2D eigenvalue weighted by molar-refractivity contribution is 0.101. The van der Waals surface area contributed by atoms with Crippen LogP contribution < -0.4 is 4.74 Å². The summed E-state index contributed by atoms with van der Waals surface area (Å²) in [5.74, 6) is 0.0873. The van der Waals surface area contributed by atoms with Crippen molar-refractivity contribution in [3.8, 4) is 16.9 Å². The zero-order valence-corrected chi connectivity index (χ0v) is 11.3. The molecule has 0 radical (unpaired) electrons. The molecule has 19 heavy (non-hydrogen) atoms. The molecule has 4 heteroatoms. The number of methoxy groups -OCH3 is 1. The summed E-state index contributed by atoms with van der Waals surface area (Å²) in [6.45, 7) is 1.49. The van der Waals surface area contributed by atoms with E-state index in [1.165, 1.54) is 26.2 Å². The van der Waals surface area contributed by atoms with Gasteiger partial charge in [0.05, 0.1) is 12.1 Å². The molecule has 0 atom stereocenters. The summed E-state index contributed by atoms with van der Waals surface area (Å²) in [6, 6.07) is 9.25. The van der Waals surface area contributed by atoms with Gasteiger partial charge in [-0.2, -0.15) is 0 Å². The van der Waals surface area contributed by atoms with Crippen LogP contribution in [0, 0.1) is 5.82 Å². The summed E-state index contributed by atoms with van der Waals surface area (Å²) in [7, 11) is 1.51. The topological polar surface area (TPSA) is 26.3 Å². The first kappa shape index (κ1) is 13.6. The Bertz CT molecular complexity index is 638. The van der Waals surface area contributed by atoms with E-state index < -0.39 is 5.82 Å². The number of ketones is 1. The molecule has 0 spiro atoms. The van der Waals surface area contributed by atoms with E-state index in [2.05, 4.69) is 0 Å². The van der Waals surface area contributed by atoms with Crippen LogP contribution in [0.2, 0.25) is 5.02 Å². The van der Waals surface area contributed by atoms with Crippen molar-refractivity contribution in [2.24, 2.45) is 0 Å². The molecule has 0 heterocycles. The van der Waals surface area contributed by atoms with Gasteiger partial charge in [0.2, 0.25) is 0 Å². The summed E-state index contributed by atoms with van der Waals surface area (Å²) in [5.41, 5.74) is 1.94. The standard InChI is InChI=1S/C15H12ClFO2/c1-9(18)10-3-5-13(15(7-10)19-2)12-6-4-11(17)8-14(12)16/h3-8H,1-2H3. The maximum Gasteiger partial charge on any atom is 0.159 e. The van der Waals surface area contributed by atoms with Crippen molar-refractivity contribution in [3.63, 3.8) is 0 Å². The van der Waals surface area contributed by atoms with E-state index in [-0.39, 0.29) is 5.78 Å². The highest BCUT2D eigenvalue weighted by molar-refractivity contribution is 6.33. The highest BCUT2D eigenvalue weighted by atomic mass is 35.5. The number of ether oxygens (including phenoxy) is 1. The average Bonchev–Trinajstić information content (AvgIpc) is 2.38. The Morgan fingerprint density at radius 2 is 1.84 bits per heavy atom. The second kappa shape index (κ2) is 5.41. The Morgan fingerprint density at radius 3 is 2.42 bits per heavy atom. The number of Topliss-reactive ketones (excluding diaryl/α,β-unsaturated/α-hetero) is 1. The summed E-state index contributed by atoms with van der Waals surface area (Å²) in [5, 5.41) is 0.300. The Kier molecular flexibility index (Phi) is 3.86. The van der Waals surface area contributed by atoms with E-state index in [0.717, 1.165) is 5.56 Å². The van der Waals surface area contributed by atoms with Crippen molar-refractivity contribution >= 4 is 17.4 Å². The third-order valence-electron chi connectivity index (χ3n) is 2.83. The first-order chi connectivity index (χ1) is 9.02. The van der Waals surface area contributed by atoms with Crippen LogP contribution in [-0.2, 0) is 0 Å². The van der Waals surface area contributed by atoms with Crippen molar-refractivity contribution in [2.75, 3.05) is 7.11 Å². The largest absolute Gasteiger partial charge is 0.496 e. The number of hydrogen-bond donors (Lipinski definition) is 0. The number of benzene rings is 2. The zero-order valence-electron chi connectivity index (χ0n) is 10.5. The third-order valence-corrected chi connectivity index (χ3v) is 3.14. The van der Waals surface area contributed by atoms with Crippen LogP contribution in [0.15, 0.2) is 36.4 Å². The smallest absolute Gasteiger partial charge is 0.159 e. The maximum absolute atomic E-state index is 13.1. The fourth-order valence-electron chi connectivity index (χ4n) is 1.84. The van der Waals surface area contributed by atoms with Gasteiger partial charge in [0.25, 0.3) is 0 Å². The van der Waals surface area contributed by atoms with E-state index in [4.69, 9.17) is 16.3 Å². The minimum absolute atomic E-state index is 0.0462. The first-order valence-electron chi connectivity index (χ1n) is 5.67. The molecule has 0 aliphatic heterocycles. The lowest BCUT2D eigenvalue weighted by atomic mass is 10.0. The Morgan fingerprint density at radius 1 is 1.16 bits per heavy atom. The van der Waals surface area contributed by atoms with Gasteiger partial charge in [-0.3, -0.25) is 4.79 Å². The molecule has 0 unspecified atom stereocenters. The molecule has 0 aromatic heterocycles. The second-order valence-corrected chi connectivity index (χ2v) is 4.50. The molecule has 0 amide bonds. The van der Waals surface area contributed by atoms with Crippen LogP contribution >= 0.6 is 11.6 Å². The van der Waals surface area contributed by atoms with E-state index in [9.17, 15) is 9.18 Å². The monoisotopic (exact) mass is 278 g/mol. The van der Waals surface area contributed by atoms with Crippen LogP contribution in [0.5, 0.6) is 5.75 Å². The minimum atomic E-state index is -0.395. The van der Waals surface area contributed by atoms with Crippen LogP contribution in [-0.4, -0.2) is 12.9 Å². The molecular formula is C15H12ClFO2. The van der Waals surface area contributed by atoms with Crippen molar-refractivity contribution in [1.29, 1.82) is 0 Å². The van der Waals surface area contributed by atoms with Gasteiger partial charge in [0.15, 0.2) is 5.78 Å². The maximum atomic E-state index is 13.1. The molecule has 0 aliphatic carbocycles. The van der Waals surface area contributed by atoms with Crippen molar-refractivity contribution in [1.82, 2.24) is 0 Å². The molecule has 0 fully saturated rings. The van der Waals surface area contributed by atoms with E-state index in [1.807, 2.05) is 0 Å². The fraction of sp³-hybridized carbons (Fsp3) is 0.133. The predicted octanol–water partition coefficient (Wildman–Crippen LogP) is 4.36. The highest BCUT2D eigenvalue weighted by Gasteiger charge is 2.12. The molecule has 0 bridgehead atoms. The zero-order chi connectivity index (χ0) is 14.0. The van der Waals surface area contributed by atoms with Gasteiger partial charge in [-0.25, -0.2) is 4.39 Å². The van der Waals surface area contributed by atoms with Crippen LogP contribution in [0.25, 0.3) is 11.1 Å². The number of halogens is 2. The number of rotatable bonds is 3. The lowest BCUT2D eigenvalue weighted by Gasteiger charge is -2.11. The predicted molar refractivity (Wildman–Crippen MR) is 73.4 cm³/mol. The van der Waals surface area contributed by atoms with Gasteiger partial charge >= 0.3 is 0 Å². The molecule has 98 valence electrons. The van der Waals surface area contributed by atoms with Gasteiger partial charge in [0.1, 0.15) is 11.6 Å². The molecule has 0 saturated carbocycles. The van der Waals surface area contributed by atoms with Crippen molar-refractivity contribution in [2.45, 2.75) is 6.92 Å². The van der Waals surface area contributed by atoms with Crippen molar-refractivity contribution < 1.29 is 13.9 Å². The third kappa shape index (κ3) is 2.76. The minimum Gasteiger partial charge on any atom is -0.496 e. The molecular weight excluding hydrogens is 267 g/mol. The van der Waals surface area contributed by atoms with Crippen LogP contribution in [0.1, 0.15) is 17.3 Å². The summed E-state index contributed by atoms with van der Waals surface area (Å²) in [4.78, 5) is 11.3. The van der Waals surface area contributed by atoms with Gasteiger partial charge in [0, 0.05) is 16.7 Å². The summed E-state index contributed by atoms with van der Waals surface area (Å²) >= 11 is 6.03. The quantitative estimate of drug-likeness (QED) is 0.780. The second-order valence-electron chi connectivity index (χ2n) is 4.10. The molecule has 2 aromatic carbocycles. The summed E-state index contributed by atoms with van der Waals surface area (Å²) in [6.07, 6.45) is 0. The Balaban J connectivity index is 2.58. The van der Waals surface area contributed by atoms with E-state index in [1.54, 1.807) is 24.3 Å². The van der Waals surface area contributed by atoms with Gasteiger partial charge in [-0.15, -0.1) is 0 Å². The molecule has 0 saturated heterocycles. The van der Waals surface area contributed by atoms with Gasteiger partial charge < -0.3 is 4.74 Å². The van der Waals surface area contributed by atoms with Gasteiger partial charge in [-0.05, 0) is 37.3 Å². The molecule has 0 aliphatic rings. The van der Waals surface area contributed by atoms with Gasteiger partial charge in [-0.1, -0.05) is 17.7 Å². The molecule has 2 aromatic rings. The van der Waals surface area contributed by atoms with Crippen LogP contribution in [0.3, 0.4) is 0 Å². The highest BCUT2D eigenvalue weighted by Crippen LogP contribution is 2.35. The Labute approximate surface area is 115 Å².